The summed E-state index contributed by atoms with van der Waals surface area (Å²) in [4.78, 5) is 8.84. The number of anilines is 2. The van der Waals surface area contributed by atoms with E-state index < -0.39 is 0 Å². The van der Waals surface area contributed by atoms with Crippen molar-refractivity contribution in [3.05, 3.63) is 11.9 Å². The molecule has 1 aromatic heterocycles. The molecule has 0 radical (unpaired) electrons. The third kappa shape index (κ3) is 4.67. The molecule has 1 aromatic rings. The summed E-state index contributed by atoms with van der Waals surface area (Å²) in [5.74, 6) is 3.36. The minimum absolute atomic E-state index is 0.705. The quantitative estimate of drug-likeness (QED) is 0.733. The van der Waals surface area contributed by atoms with Gasteiger partial charge < -0.3 is 16.0 Å². The summed E-state index contributed by atoms with van der Waals surface area (Å²) >= 11 is 0. The Bertz CT molecular complexity index is 387. The number of aromatic nitrogens is 2. The van der Waals surface area contributed by atoms with Gasteiger partial charge in [0.15, 0.2) is 0 Å². The van der Waals surface area contributed by atoms with E-state index in [-0.39, 0.29) is 0 Å². The lowest BCUT2D eigenvalue weighted by molar-refractivity contribution is 0.392. The van der Waals surface area contributed by atoms with Crippen molar-refractivity contribution in [2.75, 3.05) is 36.8 Å². The second-order valence-corrected chi connectivity index (χ2v) is 5.21. The molecule has 1 aliphatic heterocycles. The third-order valence-electron chi connectivity index (χ3n) is 3.36. The van der Waals surface area contributed by atoms with Gasteiger partial charge in [0.05, 0.1) is 0 Å². The Labute approximate surface area is 115 Å². The molecule has 1 saturated heterocycles. The number of hydrogen-bond donors (Lipinski definition) is 3. The third-order valence-corrected chi connectivity index (χ3v) is 3.36. The van der Waals surface area contributed by atoms with Gasteiger partial charge in [-0.05, 0) is 45.2 Å². The molecule has 2 heterocycles. The van der Waals surface area contributed by atoms with Gasteiger partial charge in [0.1, 0.15) is 17.5 Å². The molecule has 5 heteroatoms. The van der Waals surface area contributed by atoms with E-state index in [1.165, 1.54) is 12.8 Å². The zero-order valence-electron chi connectivity index (χ0n) is 12.0. The molecule has 0 aromatic carbocycles. The van der Waals surface area contributed by atoms with Crippen LogP contribution in [0.25, 0.3) is 0 Å². The molecule has 0 saturated carbocycles. The molecule has 1 unspecified atom stereocenters. The van der Waals surface area contributed by atoms with Crippen molar-refractivity contribution in [1.82, 2.24) is 15.3 Å². The second kappa shape index (κ2) is 7.28. The summed E-state index contributed by atoms with van der Waals surface area (Å²) < 4.78 is 0. The van der Waals surface area contributed by atoms with Crippen molar-refractivity contribution in [2.45, 2.75) is 33.1 Å². The van der Waals surface area contributed by atoms with Crippen molar-refractivity contribution < 1.29 is 0 Å². The molecular weight excluding hydrogens is 238 g/mol. The van der Waals surface area contributed by atoms with E-state index in [0.29, 0.717) is 5.92 Å². The van der Waals surface area contributed by atoms with Crippen molar-refractivity contribution in [1.29, 1.82) is 0 Å². The van der Waals surface area contributed by atoms with Gasteiger partial charge in [-0.15, -0.1) is 0 Å². The van der Waals surface area contributed by atoms with Crippen LogP contribution in [0.2, 0.25) is 0 Å². The molecule has 1 atom stereocenters. The van der Waals surface area contributed by atoms with E-state index in [9.17, 15) is 0 Å². The van der Waals surface area contributed by atoms with Crippen LogP contribution >= 0.6 is 0 Å². The predicted octanol–water partition coefficient (Wildman–Crippen LogP) is 2.02. The molecule has 19 heavy (non-hydrogen) atoms. The predicted molar refractivity (Wildman–Crippen MR) is 79.6 cm³/mol. The van der Waals surface area contributed by atoms with Gasteiger partial charge in [0, 0.05) is 19.2 Å². The molecule has 2 rings (SSSR count). The number of nitrogens with one attached hydrogen (secondary N) is 3. The minimum atomic E-state index is 0.705. The summed E-state index contributed by atoms with van der Waals surface area (Å²) in [7, 11) is 0. The fourth-order valence-corrected chi connectivity index (χ4v) is 2.35. The molecule has 106 valence electrons. The molecule has 0 amide bonds. The Hall–Kier alpha value is -1.36. The van der Waals surface area contributed by atoms with Gasteiger partial charge >= 0.3 is 0 Å². The lowest BCUT2D eigenvalue weighted by atomic mass is 10.00. The van der Waals surface area contributed by atoms with Gasteiger partial charge in [0.2, 0.25) is 0 Å². The highest BCUT2D eigenvalue weighted by atomic mass is 15.1. The number of piperidine rings is 1. The maximum atomic E-state index is 4.44. The Balaban J connectivity index is 1.89. The van der Waals surface area contributed by atoms with Crippen LogP contribution in [-0.4, -0.2) is 36.1 Å². The highest BCUT2D eigenvalue weighted by Crippen LogP contribution is 2.14. The van der Waals surface area contributed by atoms with Gasteiger partial charge in [-0.3, -0.25) is 0 Å². The maximum absolute atomic E-state index is 4.44. The average Bonchev–Trinajstić information content (AvgIpc) is 2.43. The van der Waals surface area contributed by atoms with Crippen molar-refractivity contribution >= 4 is 11.6 Å². The van der Waals surface area contributed by atoms with E-state index in [4.69, 9.17) is 0 Å². The highest BCUT2D eigenvalue weighted by Gasteiger charge is 2.12. The van der Waals surface area contributed by atoms with Gasteiger partial charge in [-0.25, -0.2) is 9.97 Å². The summed E-state index contributed by atoms with van der Waals surface area (Å²) in [5, 5.41) is 10.2. The SMILES string of the molecule is CCCNc1cc(NCC2CCCNC2)nc(C)n1. The first-order chi connectivity index (χ1) is 9.28. The van der Waals surface area contributed by atoms with Crippen LogP contribution in [0.5, 0.6) is 0 Å². The molecular formula is C14H25N5. The van der Waals surface area contributed by atoms with Crippen molar-refractivity contribution in [3.8, 4) is 0 Å². The highest BCUT2D eigenvalue weighted by molar-refractivity contribution is 5.47. The van der Waals surface area contributed by atoms with E-state index in [1.807, 2.05) is 13.0 Å². The standard InChI is InChI=1S/C14H25N5/c1-3-6-16-13-8-14(19-11(2)18-13)17-10-12-5-4-7-15-9-12/h8,12,15H,3-7,9-10H2,1-2H3,(H2,16,17,18,19). The summed E-state index contributed by atoms with van der Waals surface area (Å²) in [5.41, 5.74) is 0. The summed E-state index contributed by atoms with van der Waals surface area (Å²) in [6.45, 7) is 8.28. The Kier molecular flexibility index (Phi) is 5.39. The molecule has 0 aliphatic carbocycles. The fraction of sp³-hybridized carbons (Fsp3) is 0.714. The number of aryl methyl sites for hydroxylation is 1. The molecule has 0 bridgehead atoms. The molecule has 5 nitrogen and oxygen atoms in total. The normalized spacial score (nSPS) is 19.2. The van der Waals surface area contributed by atoms with Crippen LogP contribution in [0.3, 0.4) is 0 Å². The fourth-order valence-electron chi connectivity index (χ4n) is 2.35. The molecule has 1 fully saturated rings. The van der Waals surface area contributed by atoms with Crippen LogP contribution in [0, 0.1) is 12.8 Å². The molecule has 1 aliphatic rings. The number of rotatable bonds is 6. The van der Waals surface area contributed by atoms with Crippen LogP contribution < -0.4 is 16.0 Å². The lowest BCUT2D eigenvalue weighted by Crippen LogP contribution is -2.33. The van der Waals surface area contributed by atoms with E-state index in [0.717, 1.165) is 50.1 Å². The topological polar surface area (TPSA) is 61.9 Å². The molecule has 3 N–H and O–H groups in total. The van der Waals surface area contributed by atoms with Crippen LogP contribution in [-0.2, 0) is 0 Å². The average molecular weight is 263 g/mol. The number of hydrogen-bond acceptors (Lipinski definition) is 5. The van der Waals surface area contributed by atoms with Crippen LogP contribution in [0.1, 0.15) is 32.0 Å². The van der Waals surface area contributed by atoms with Gasteiger partial charge in [0.25, 0.3) is 0 Å². The number of nitrogens with zero attached hydrogens (tertiary/aromatic N) is 2. The largest absolute Gasteiger partial charge is 0.370 e. The Morgan fingerprint density at radius 2 is 2.11 bits per heavy atom. The van der Waals surface area contributed by atoms with E-state index in [2.05, 4.69) is 32.8 Å². The van der Waals surface area contributed by atoms with Gasteiger partial charge in [-0.1, -0.05) is 6.92 Å². The first kappa shape index (κ1) is 14.1. The van der Waals surface area contributed by atoms with Crippen molar-refractivity contribution in [2.24, 2.45) is 5.92 Å². The Morgan fingerprint density at radius 1 is 1.32 bits per heavy atom. The zero-order valence-corrected chi connectivity index (χ0v) is 12.0. The zero-order chi connectivity index (χ0) is 13.5. The lowest BCUT2D eigenvalue weighted by Gasteiger charge is -2.23. The minimum Gasteiger partial charge on any atom is -0.370 e. The first-order valence-electron chi connectivity index (χ1n) is 7.32. The maximum Gasteiger partial charge on any atom is 0.131 e. The smallest absolute Gasteiger partial charge is 0.131 e. The monoisotopic (exact) mass is 263 g/mol. The molecule has 0 spiro atoms. The summed E-state index contributed by atoms with van der Waals surface area (Å²) in [6.07, 6.45) is 3.67. The van der Waals surface area contributed by atoms with Crippen LogP contribution in [0.15, 0.2) is 6.07 Å². The van der Waals surface area contributed by atoms with Crippen molar-refractivity contribution in [3.63, 3.8) is 0 Å². The van der Waals surface area contributed by atoms with E-state index in [1.54, 1.807) is 0 Å². The second-order valence-electron chi connectivity index (χ2n) is 5.21. The van der Waals surface area contributed by atoms with Crippen LogP contribution in [0.4, 0.5) is 11.6 Å². The Morgan fingerprint density at radius 3 is 2.79 bits per heavy atom. The van der Waals surface area contributed by atoms with E-state index >= 15 is 0 Å². The summed E-state index contributed by atoms with van der Waals surface area (Å²) in [6, 6.07) is 2.00. The van der Waals surface area contributed by atoms with Gasteiger partial charge in [-0.2, -0.15) is 0 Å². The first-order valence-corrected chi connectivity index (χ1v) is 7.32.